The van der Waals surface area contributed by atoms with Gasteiger partial charge in [0.1, 0.15) is 11.9 Å². The molecule has 8 nitrogen and oxygen atoms in total. The standard InChI is InChI=1S/C34H35F3N6O2/c1-22-20-30(43(42-22)33-17-5-7-19-45-33)28-15-9-13-26(40-28)24-11-3-2-10-23(24)25-12-8-14-27(39-25)29(21-31(38)34(35,36)37)41-32-16-4-6-18-44-32/h2-3,8-15,20-21,32-33H,4-7,16-19,38H2,1H3. The Bertz CT molecular complexity index is 1700. The molecule has 2 saturated heterocycles. The molecule has 0 radical (unpaired) electrons. The molecule has 1 aromatic carbocycles. The summed E-state index contributed by atoms with van der Waals surface area (Å²) in [5.74, 6) is 0. The number of benzene rings is 1. The van der Waals surface area contributed by atoms with Gasteiger partial charge >= 0.3 is 6.18 Å². The number of rotatable bonds is 7. The van der Waals surface area contributed by atoms with Gasteiger partial charge in [0.25, 0.3) is 0 Å². The van der Waals surface area contributed by atoms with Crippen molar-refractivity contribution >= 4 is 5.71 Å². The molecule has 2 aliphatic rings. The number of aryl methyl sites for hydroxylation is 1. The van der Waals surface area contributed by atoms with E-state index < -0.39 is 18.1 Å². The summed E-state index contributed by atoms with van der Waals surface area (Å²) in [5, 5.41) is 4.72. The van der Waals surface area contributed by atoms with E-state index in [0.717, 1.165) is 72.1 Å². The van der Waals surface area contributed by atoms with E-state index in [-0.39, 0.29) is 17.6 Å². The van der Waals surface area contributed by atoms with Crippen LogP contribution in [0.2, 0.25) is 0 Å². The maximum atomic E-state index is 13.5. The Balaban J connectivity index is 1.38. The largest absolute Gasteiger partial charge is 0.430 e. The molecule has 0 aliphatic carbocycles. The summed E-state index contributed by atoms with van der Waals surface area (Å²) < 4.78 is 54.0. The van der Waals surface area contributed by atoms with Crippen LogP contribution in [0.1, 0.15) is 56.1 Å². The van der Waals surface area contributed by atoms with E-state index in [1.54, 1.807) is 12.1 Å². The van der Waals surface area contributed by atoms with Crippen molar-refractivity contribution in [2.75, 3.05) is 13.2 Å². The molecule has 0 bridgehead atoms. The van der Waals surface area contributed by atoms with Crippen molar-refractivity contribution in [3.63, 3.8) is 0 Å². The average molecular weight is 617 g/mol. The number of allylic oxidation sites excluding steroid dienone is 2. The zero-order chi connectivity index (χ0) is 31.4. The number of ether oxygens (including phenoxy) is 2. The quantitative estimate of drug-likeness (QED) is 0.217. The van der Waals surface area contributed by atoms with Gasteiger partial charge in [-0.05, 0) is 81.9 Å². The highest BCUT2D eigenvalue weighted by Crippen LogP contribution is 2.33. The molecule has 2 atom stereocenters. The van der Waals surface area contributed by atoms with E-state index in [9.17, 15) is 13.2 Å². The molecule has 0 saturated carbocycles. The van der Waals surface area contributed by atoms with Gasteiger partial charge in [-0.15, -0.1) is 0 Å². The molecule has 2 aliphatic heterocycles. The topological polar surface area (TPSA) is 100 Å². The summed E-state index contributed by atoms with van der Waals surface area (Å²) in [5.41, 5.74) is 9.83. The molecule has 11 heteroatoms. The molecular formula is C34H35F3N6O2. The number of nitrogens with zero attached hydrogens (tertiary/aromatic N) is 5. The molecule has 4 aromatic rings. The minimum absolute atomic E-state index is 0.0183. The first-order valence-electron chi connectivity index (χ1n) is 15.2. The molecule has 45 heavy (non-hydrogen) atoms. The summed E-state index contributed by atoms with van der Waals surface area (Å²) in [6.45, 7) is 3.16. The van der Waals surface area contributed by atoms with Crippen LogP contribution in [0.4, 0.5) is 13.2 Å². The van der Waals surface area contributed by atoms with Gasteiger partial charge in [-0.1, -0.05) is 36.4 Å². The highest BCUT2D eigenvalue weighted by molar-refractivity contribution is 6.08. The van der Waals surface area contributed by atoms with Crippen LogP contribution < -0.4 is 5.73 Å². The number of aromatic nitrogens is 4. The molecule has 2 N–H and O–H groups in total. The second-order valence-corrected chi connectivity index (χ2v) is 11.2. The monoisotopic (exact) mass is 616 g/mol. The van der Waals surface area contributed by atoms with E-state index in [2.05, 4.69) is 4.99 Å². The molecule has 5 heterocycles. The highest BCUT2D eigenvalue weighted by Gasteiger charge is 2.32. The summed E-state index contributed by atoms with van der Waals surface area (Å²) >= 11 is 0. The van der Waals surface area contributed by atoms with Crippen molar-refractivity contribution in [1.29, 1.82) is 0 Å². The van der Waals surface area contributed by atoms with Crippen LogP contribution in [-0.2, 0) is 9.47 Å². The number of alkyl halides is 3. The van der Waals surface area contributed by atoms with Gasteiger partial charge in [-0.2, -0.15) is 18.3 Å². The Labute approximate surface area is 259 Å². The maximum Gasteiger partial charge on any atom is 0.430 e. The van der Waals surface area contributed by atoms with E-state index in [1.807, 2.05) is 66.2 Å². The predicted octanol–water partition coefficient (Wildman–Crippen LogP) is 7.40. The third-order valence-corrected chi connectivity index (χ3v) is 7.85. The lowest BCUT2D eigenvalue weighted by Crippen LogP contribution is -2.23. The smallest absolute Gasteiger partial charge is 0.395 e. The van der Waals surface area contributed by atoms with Gasteiger partial charge < -0.3 is 15.2 Å². The van der Waals surface area contributed by atoms with Gasteiger partial charge in [0.15, 0.2) is 6.23 Å². The van der Waals surface area contributed by atoms with Crippen LogP contribution in [-0.4, -0.2) is 51.1 Å². The molecule has 2 fully saturated rings. The van der Waals surface area contributed by atoms with Gasteiger partial charge in [0.05, 0.1) is 39.9 Å². The average Bonchev–Trinajstić information content (AvgIpc) is 3.46. The normalized spacial score (nSPS) is 19.9. The van der Waals surface area contributed by atoms with Crippen molar-refractivity contribution in [2.45, 2.75) is 64.1 Å². The predicted molar refractivity (Wildman–Crippen MR) is 166 cm³/mol. The Kier molecular flexibility index (Phi) is 9.09. The summed E-state index contributed by atoms with van der Waals surface area (Å²) in [4.78, 5) is 14.3. The van der Waals surface area contributed by atoms with E-state index in [1.165, 1.54) is 0 Å². The molecule has 0 spiro atoms. The zero-order valence-corrected chi connectivity index (χ0v) is 25.0. The first kappa shape index (κ1) is 30.7. The number of hydrogen-bond donors (Lipinski definition) is 1. The van der Waals surface area contributed by atoms with Gasteiger partial charge in [-0.25, -0.2) is 14.6 Å². The molecule has 6 rings (SSSR count). The number of hydrogen-bond acceptors (Lipinski definition) is 7. The third kappa shape index (κ3) is 7.15. The summed E-state index contributed by atoms with van der Waals surface area (Å²) in [7, 11) is 0. The Morgan fingerprint density at radius 2 is 1.53 bits per heavy atom. The van der Waals surface area contributed by atoms with Gasteiger partial charge in [-0.3, -0.25) is 4.99 Å². The van der Waals surface area contributed by atoms with Crippen LogP contribution in [0.5, 0.6) is 0 Å². The Morgan fingerprint density at radius 3 is 2.20 bits per heavy atom. The fourth-order valence-electron chi connectivity index (χ4n) is 5.62. The van der Waals surface area contributed by atoms with Gasteiger partial charge in [0.2, 0.25) is 0 Å². The molecule has 3 aromatic heterocycles. The van der Waals surface area contributed by atoms with E-state index in [4.69, 9.17) is 30.3 Å². The van der Waals surface area contributed by atoms with E-state index >= 15 is 0 Å². The van der Waals surface area contributed by atoms with Crippen molar-refractivity contribution < 1.29 is 22.6 Å². The summed E-state index contributed by atoms with van der Waals surface area (Å²) in [6.07, 6.45) is 0.815. The molecule has 0 amide bonds. The minimum atomic E-state index is -4.70. The Morgan fingerprint density at radius 1 is 0.867 bits per heavy atom. The fourth-order valence-corrected chi connectivity index (χ4v) is 5.62. The number of pyridine rings is 2. The Hall–Kier alpha value is -4.35. The molecular weight excluding hydrogens is 581 g/mol. The summed E-state index contributed by atoms with van der Waals surface area (Å²) in [6, 6.07) is 20.7. The minimum Gasteiger partial charge on any atom is -0.395 e. The van der Waals surface area contributed by atoms with Crippen molar-refractivity contribution in [3.05, 3.63) is 89.9 Å². The van der Waals surface area contributed by atoms with Crippen molar-refractivity contribution in [3.8, 4) is 33.9 Å². The third-order valence-electron chi connectivity index (χ3n) is 7.85. The van der Waals surface area contributed by atoms with Crippen molar-refractivity contribution in [2.24, 2.45) is 10.7 Å². The lowest BCUT2D eigenvalue weighted by atomic mass is 10.00. The van der Waals surface area contributed by atoms with Crippen LogP contribution in [0.15, 0.2) is 83.5 Å². The first-order valence-corrected chi connectivity index (χ1v) is 15.2. The molecule has 2 unspecified atom stereocenters. The molecule has 234 valence electrons. The SMILES string of the molecule is Cc1cc(-c2cccc(-c3ccccc3-c3cccc(C(C=C(N)C(F)(F)F)=NC4CCCCO4)n3)n2)n(C2CCCCO2)n1. The lowest BCUT2D eigenvalue weighted by molar-refractivity contribution is -0.0925. The maximum absolute atomic E-state index is 13.5. The van der Waals surface area contributed by atoms with E-state index in [0.29, 0.717) is 25.3 Å². The zero-order valence-electron chi connectivity index (χ0n) is 25.0. The number of halogens is 3. The lowest BCUT2D eigenvalue weighted by Gasteiger charge is -2.24. The highest BCUT2D eigenvalue weighted by atomic mass is 19.4. The van der Waals surface area contributed by atoms with Crippen LogP contribution in [0.25, 0.3) is 33.9 Å². The number of aliphatic imine (C=N–C) groups is 1. The second kappa shape index (κ2) is 13.3. The van der Waals surface area contributed by atoms with Crippen molar-refractivity contribution in [1.82, 2.24) is 19.7 Å². The van der Waals surface area contributed by atoms with Crippen LogP contribution in [0.3, 0.4) is 0 Å². The van der Waals surface area contributed by atoms with Crippen LogP contribution >= 0.6 is 0 Å². The van der Waals surface area contributed by atoms with Crippen LogP contribution in [0, 0.1) is 6.92 Å². The first-order chi connectivity index (χ1) is 21.8. The van der Waals surface area contributed by atoms with Gasteiger partial charge in [0, 0.05) is 24.3 Å². The number of nitrogens with two attached hydrogens (primary N) is 1. The fraction of sp³-hybridized carbons (Fsp3) is 0.353. The second-order valence-electron chi connectivity index (χ2n) is 11.2.